The van der Waals surface area contributed by atoms with Crippen LogP contribution in [0.4, 0.5) is 5.82 Å². The van der Waals surface area contributed by atoms with Crippen LogP contribution in [-0.4, -0.2) is 19.5 Å². The van der Waals surface area contributed by atoms with Crippen molar-refractivity contribution in [2.45, 2.75) is 45.6 Å². The minimum absolute atomic E-state index is 0.313. The average Bonchev–Trinajstić information content (AvgIpc) is 2.96. The molecule has 7 heteroatoms. The number of aromatic nitrogens is 4. The maximum absolute atomic E-state index is 6.18. The number of anilines is 1. The molecule has 4 rings (SSSR count). The van der Waals surface area contributed by atoms with E-state index in [-0.39, 0.29) is 0 Å². The molecule has 0 amide bonds. The van der Waals surface area contributed by atoms with Gasteiger partial charge in [0, 0.05) is 30.1 Å². The van der Waals surface area contributed by atoms with Gasteiger partial charge in [-0.15, -0.1) is 0 Å². The number of imidazole rings is 1. The molecule has 0 saturated heterocycles. The van der Waals surface area contributed by atoms with Crippen LogP contribution in [0.2, 0.25) is 5.02 Å². The van der Waals surface area contributed by atoms with E-state index in [2.05, 4.69) is 44.3 Å². The maximum atomic E-state index is 6.18. The lowest BCUT2D eigenvalue weighted by Gasteiger charge is -2.32. The zero-order chi connectivity index (χ0) is 19.1. The third kappa shape index (κ3) is 3.57. The van der Waals surface area contributed by atoms with Crippen LogP contribution in [0.25, 0.3) is 22.3 Å². The Morgan fingerprint density at radius 3 is 2.63 bits per heavy atom. The zero-order valence-electron chi connectivity index (χ0n) is 15.5. The molecule has 0 radical (unpaired) electrons. The molecule has 1 aliphatic carbocycles. The van der Waals surface area contributed by atoms with Gasteiger partial charge in [-0.05, 0) is 53.6 Å². The highest BCUT2D eigenvalue weighted by molar-refractivity contribution is 9.10. The predicted octanol–water partition coefficient (Wildman–Crippen LogP) is 5.88. The number of nitrogen functional groups attached to an aromatic ring is 1. The Morgan fingerprint density at radius 2 is 1.93 bits per heavy atom. The second-order valence-electron chi connectivity index (χ2n) is 7.67. The van der Waals surface area contributed by atoms with Gasteiger partial charge in [-0.3, -0.25) is 4.98 Å². The maximum Gasteiger partial charge on any atom is 0.178 e. The van der Waals surface area contributed by atoms with Crippen LogP contribution in [0.5, 0.6) is 0 Å². The van der Waals surface area contributed by atoms with Gasteiger partial charge in [-0.1, -0.05) is 31.4 Å². The molecule has 3 aromatic heterocycles. The van der Waals surface area contributed by atoms with Gasteiger partial charge in [-0.25, -0.2) is 9.97 Å². The molecule has 0 aromatic carbocycles. The van der Waals surface area contributed by atoms with E-state index in [1.807, 2.05) is 12.1 Å². The molecule has 142 valence electrons. The Hall–Kier alpha value is -1.66. The lowest BCUT2D eigenvalue weighted by atomic mass is 9.79. The molecule has 3 aromatic rings. The van der Waals surface area contributed by atoms with Gasteiger partial charge >= 0.3 is 0 Å². The molecule has 1 unspecified atom stereocenters. The van der Waals surface area contributed by atoms with Gasteiger partial charge < -0.3 is 10.3 Å². The normalized spacial score (nSPS) is 21.5. The van der Waals surface area contributed by atoms with Crippen molar-refractivity contribution < 1.29 is 0 Å². The smallest absolute Gasteiger partial charge is 0.178 e. The molecule has 2 N–H and O–H groups in total. The van der Waals surface area contributed by atoms with Gasteiger partial charge in [0.15, 0.2) is 4.73 Å². The van der Waals surface area contributed by atoms with Gasteiger partial charge in [0.05, 0.1) is 16.1 Å². The number of hydrogen-bond acceptors (Lipinski definition) is 4. The number of hydrogen-bond donors (Lipinski definition) is 1. The summed E-state index contributed by atoms with van der Waals surface area (Å²) in [5.41, 5.74) is 9.49. The van der Waals surface area contributed by atoms with E-state index in [1.54, 1.807) is 12.4 Å². The Morgan fingerprint density at radius 1 is 1.19 bits per heavy atom. The van der Waals surface area contributed by atoms with Crippen molar-refractivity contribution in [1.82, 2.24) is 19.5 Å². The Kier molecular flexibility index (Phi) is 5.12. The molecular formula is C20H23BrClN5. The minimum atomic E-state index is 0.313. The molecular weight excluding hydrogens is 426 g/mol. The first-order chi connectivity index (χ1) is 12.9. The van der Waals surface area contributed by atoms with E-state index in [9.17, 15) is 0 Å². The summed E-state index contributed by atoms with van der Waals surface area (Å²) in [6.07, 6.45) is 8.44. The quantitative estimate of drug-likeness (QED) is 0.543. The zero-order valence-corrected chi connectivity index (χ0v) is 17.8. The van der Waals surface area contributed by atoms with Gasteiger partial charge in [0.2, 0.25) is 0 Å². The third-order valence-electron chi connectivity index (χ3n) is 5.77. The SMILES string of the molecule is CC([C@H]1CC[C@H](C)CC1)n1c(Br)nc2cc(N)nc(-c3cncc(Cl)c3)c21. The summed E-state index contributed by atoms with van der Waals surface area (Å²) >= 11 is 9.85. The highest BCUT2D eigenvalue weighted by Crippen LogP contribution is 2.40. The summed E-state index contributed by atoms with van der Waals surface area (Å²) in [5, 5.41) is 0.573. The number of fused-ring (bicyclic) bond motifs is 1. The van der Waals surface area contributed by atoms with Crippen LogP contribution < -0.4 is 5.73 Å². The van der Waals surface area contributed by atoms with Gasteiger partial charge in [0.25, 0.3) is 0 Å². The molecule has 1 saturated carbocycles. The monoisotopic (exact) mass is 447 g/mol. The van der Waals surface area contributed by atoms with Crippen LogP contribution in [0.3, 0.4) is 0 Å². The second-order valence-corrected chi connectivity index (χ2v) is 8.81. The summed E-state index contributed by atoms with van der Waals surface area (Å²) in [6.45, 7) is 4.63. The van der Waals surface area contributed by atoms with Crippen molar-refractivity contribution in [3.63, 3.8) is 0 Å². The molecule has 1 fully saturated rings. The summed E-state index contributed by atoms with van der Waals surface area (Å²) in [5.74, 6) is 1.89. The van der Waals surface area contributed by atoms with Crippen LogP contribution in [-0.2, 0) is 0 Å². The number of nitrogens with zero attached hydrogens (tertiary/aromatic N) is 4. The summed E-state index contributed by atoms with van der Waals surface area (Å²) in [6, 6.07) is 4.01. The second kappa shape index (κ2) is 7.40. The van der Waals surface area contributed by atoms with Gasteiger partial charge in [-0.2, -0.15) is 0 Å². The van der Waals surface area contributed by atoms with Crippen molar-refractivity contribution in [1.29, 1.82) is 0 Å². The van der Waals surface area contributed by atoms with Crippen molar-refractivity contribution in [2.24, 2.45) is 11.8 Å². The molecule has 3 heterocycles. The summed E-state index contributed by atoms with van der Waals surface area (Å²) in [7, 11) is 0. The lowest BCUT2D eigenvalue weighted by molar-refractivity contribution is 0.226. The van der Waals surface area contributed by atoms with E-state index >= 15 is 0 Å². The van der Waals surface area contributed by atoms with Crippen LogP contribution in [0, 0.1) is 11.8 Å². The molecule has 27 heavy (non-hydrogen) atoms. The first-order valence-corrected chi connectivity index (χ1v) is 10.6. The summed E-state index contributed by atoms with van der Waals surface area (Å²) in [4.78, 5) is 13.6. The van der Waals surface area contributed by atoms with Crippen LogP contribution in [0.1, 0.15) is 45.6 Å². The Labute approximate surface area is 172 Å². The first-order valence-electron chi connectivity index (χ1n) is 9.39. The number of pyridine rings is 2. The molecule has 1 aliphatic rings. The van der Waals surface area contributed by atoms with E-state index in [1.165, 1.54) is 25.7 Å². The molecule has 5 nitrogen and oxygen atoms in total. The molecule has 0 aliphatic heterocycles. The van der Waals surface area contributed by atoms with Crippen molar-refractivity contribution in [2.75, 3.05) is 5.73 Å². The van der Waals surface area contributed by atoms with Crippen molar-refractivity contribution in [3.8, 4) is 11.3 Å². The van der Waals surface area contributed by atoms with E-state index in [0.717, 1.165) is 32.9 Å². The Balaban J connectivity index is 1.87. The highest BCUT2D eigenvalue weighted by atomic mass is 79.9. The van der Waals surface area contributed by atoms with Crippen LogP contribution in [0.15, 0.2) is 29.3 Å². The topological polar surface area (TPSA) is 69.6 Å². The number of nitrogens with two attached hydrogens (primary N) is 1. The lowest BCUT2D eigenvalue weighted by Crippen LogP contribution is -2.22. The molecule has 1 atom stereocenters. The van der Waals surface area contributed by atoms with Crippen molar-refractivity contribution in [3.05, 3.63) is 34.3 Å². The van der Waals surface area contributed by atoms with E-state index < -0.39 is 0 Å². The van der Waals surface area contributed by atoms with Crippen LogP contribution >= 0.6 is 27.5 Å². The fraction of sp³-hybridized carbons (Fsp3) is 0.450. The average molecular weight is 449 g/mol. The van der Waals surface area contributed by atoms with E-state index in [4.69, 9.17) is 22.3 Å². The van der Waals surface area contributed by atoms with Gasteiger partial charge in [0.1, 0.15) is 11.5 Å². The third-order valence-corrected chi connectivity index (χ3v) is 6.54. The first kappa shape index (κ1) is 18.7. The molecule has 0 spiro atoms. The number of rotatable bonds is 3. The fourth-order valence-electron chi connectivity index (χ4n) is 4.21. The largest absolute Gasteiger partial charge is 0.384 e. The van der Waals surface area contributed by atoms with E-state index in [0.29, 0.717) is 22.8 Å². The number of halogens is 2. The standard InChI is InChI=1S/C20H23BrClN5/c1-11-3-5-13(6-4-11)12(2)27-19-16(25-20(27)21)8-17(23)26-18(19)14-7-15(22)10-24-9-14/h7-13H,3-6H2,1-2H3,(H2,23,26)/t11-,12?,13-. The van der Waals surface area contributed by atoms with Crippen molar-refractivity contribution >= 4 is 44.4 Å². The Bertz CT molecular complexity index is 978. The minimum Gasteiger partial charge on any atom is -0.384 e. The molecule has 0 bridgehead atoms. The highest BCUT2D eigenvalue weighted by Gasteiger charge is 2.28. The fourth-order valence-corrected chi connectivity index (χ4v) is 5.07. The predicted molar refractivity (Wildman–Crippen MR) is 114 cm³/mol. The summed E-state index contributed by atoms with van der Waals surface area (Å²) < 4.78 is 3.07.